The third-order valence-electron chi connectivity index (χ3n) is 3.42. The molecule has 26 heavy (non-hydrogen) atoms. The minimum absolute atomic E-state index is 0.0447. The molecule has 0 aliphatic rings. The van der Waals surface area contributed by atoms with Crippen LogP contribution in [0, 0.1) is 0 Å². The molecule has 0 unspecified atom stereocenters. The number of anilines is 1. The number of urea groups is 1. The van der Waals surface area contributed by atoms with Crippen molar-refractivity contribution in [1.29, 1.82) is 0 Å². The van der Waals surface area contributed by atoms with Crippen molar-refractivity contribution in [2.45, 2.75) is 12.7 Å². The summed E-state index contributed by atoms with van der Waals surface area (Å²) in [6, 6.07) is 7.38. The van der Waals surface area contributed by atoms with Gasteiger partial charge in [-0.05, 0) is 18.2 Å². The van der Waals surface area contributed by atoms with Crippen molar-refractivity contribution in [2.24, 2.45) is 0 Å². The number of halogens is 3. The van der Waals surface area contributed by atoms with Crippen LogP contribution in [0.2, 0.25) is 0 Å². The Morgan fingerprint density at radius 3 is 2.69 bits per heavy atom. The topological polar surface area (TPSA) is 84.7 Å². The molecule has 0 fully saturated rings. The highest BCUT2D eigenvalue weighted by atomic mass is 19.4. The minimum atomic E-state index is -4.56. The quantitative estimate of drug-likeness (QED) is 0.747. The highest BCUT2D eigenvalue weighted by Gasteiger charge is 2.33. The summed E-state index contributed by atoms with van der Waals surface area (Å²) in [5.41, 5.74) is -0.614. The molecular formula is C16H13F3N6O. The molecule has 0 bridgehead atoms. The Kier molecular flexibility index (Phi) is 4.83. The fourth-order valence-electron chi connectivity index (χ4n) is 2.27. The smallest absolute Gasteiger partial charge is 0.334 e. The lowest BCUT2D eigenvalue weighted by Crippen LogP contribution is -2.29. The molecule has 2 N–H and O–H groups in total. The molecule has 0 radical (unpaired) electrons. The summed E-state index contributed by atoms with van der Waals surface area (Å²) in [5, 5.41) is 8.70. The van der Waals surface area contributed by atoms with E-state index in [0.29, 0.717) is 11.4 Å². The first kappa shape index (κ1) is 17.4. The second-order valence-corrected chi connectivity index (χ2v) is 5.18. The van der Waals surface area contributed by atoms with Crippen molar-refractivity contribution in [3.63, 3.8) is 0 Å². The van der Waals surface area contributed by atoms with E-state index in [9.17, 15) is 18.0 Å². The van der Waals surface area contributed by atoms with E-state index in [1.165, 1.54) is 35.5 Å². The molecule has 10 heteroatoms. The number of rotatable bonds is 4. The van der Waals surface area contributed by atoms with Crippen molar-refractivity contribution < 1.29 is 18.0 Å². The molecule has 0 saturated carbocycles. The Hall–Kier alpha value is -3.43. The van der Waals surface area contributed by atoms with Gasteiger partial charge >= 0.3 is 12.2 Å². The zero-order valence-corrected chi connectivity index (χ0v) is 13.2. The lowest BCUT2D eigenvalue weighted by atomic mass is 10.1. The van der Waals surface area contributed by atoms with Crippen molar-refractivity contribution in [1.82, 2.24) is 25.1 Å². The molecule has 0 atom stereocenters. The van der Waals surface area contributed by atoms with Gasteiger partial charge in [0.2, 0.25) is 0 Å². The van der Waals surface area contributed by atoms with E-state index in [1.807, 2.05) is 0 Å². The van der Waals surface area contributed by atoms with Crippen LogP contribution >= 0.6 is 0 Å². The van der Waals surface area contributed by atoms with Gasteiger partial charge in [-0.2, -0.15) is 18.3 Å². The summed E-state index contributed by atoms with van der Waals surface area (Å²) in [5.74, 6) is 0.459. The van der Waals surface area contributed by atoms with Crippen molar-refractivity contribution in [2.75, 3.05) is 5.32 Å². The average molecular weight is 362 g/mol. The van der Waals surface area contributed by atoms with Crippen LogP contribution in [-0.4, -0.2) is 25.8 Å². The molecular weight excluding hydrogens is 349 g/mol. The van der Waals surface area contributed by atoms with Gasteiger partial charge in [-0.3, -0.25) is 0 Å². The fraction of sp³-hybridized carbons (Fsp3) is 0.125. The van der Waals surface area contributed by atoms with E-state index in [4.69, 9.17) is 0 Å². The molecule has 3 rings (SSSR count). The van der Waals surface area contributed by atoms with Crippen molar-refractivity contribution >= 4 is 11.7 Å². The third kappa shape index (κ3) is 3.97. The van der Waals surface area contributed by atoms with Gasteiger partial charge in [-0.1, -0.05) is 18.2 Å². The van der Waals surface area contributed by atoms with E-state index in [-0.39, 0.29) is 12.2 Å². The van der Waals surface area contributed by atoms with E-state index in [0.717, 1.165) is 6.07 Å². The van der Waals surface area contributed by atoms with Crippen LogP contribution in [-0.2, 0) is 12.7 Å². The summed E-state index contributed by atoms with van der Waals surface area (Å²) in [4.78, 5) is 20.0. The molecule has 0 aliphatic heterocycles. The number of pyridine rings is 1. The fourth-order valence-corrected chi connectivity index (χ4v) is 2.27. The molecule has 0 spiro atoms. The van der Waals surface area contributed by atoms with E-state index >= 15 is 0 Å². The molecule has 2 amide bonds. The van der Waals surface area contributed by atoms with Crippen molar-refractivity contribution in [3.8, 4) is 5.82 Å². The maximum atomic E-state index is 13.0. The van der Waals surface area contributed by atoms with Crippen LogP contribution in [0.5, 0.6) is 0 Å². The summed E-state index contributed by atoms with van der Waals surface area (Å²) in [6.45, 7) is 0.0447. The Morgan fingerprint density at radius 1 is 1.15 bits per heavy atom. The summed E-state index contributed by atoms with van der Waals surface area (Å²) in [6.07, 6.45) is -0.216. The zero-order valence-electron chi connectivity index (χ0n) is 13.2. The molecule has 1 aromatic carbocycles. The van der Waals surface area contributed by atoms with Gasteiger partial charge in [0.1, 0.15) is 12.7 Å². The number of nitrogens with zero attached hydrogens (tertiary/aromatic N) is 4. The number of alkyl halides is 3. The molecule has 7 nitrogen and oxygen atoms in total. The second kappa shape index (κ2) is 7.21. The molecule has 2 aromatic heterocycles. The van der Waals surface area contributed by atoms with E-state index < -0.39 is 17.8 Å². The van der Waals surface area contributed by atoms with Crippen LogP contribution in [0.3, 0.4) is 0 Å². The van der Waals surface area contributed by atoms with Crippen LogP contribution in [0.4, 0.5) is 23.7 Å². The largest absolute Gasteiger partial charge is 0.418 e. The van der Waals surface area contributed by atoms with E-state index in [1.54, 1.807) is 18.3 Å². The molecule has 2 heterocycles. The minimum Gasteiger partial charge on any atom is -0.334 e. The molecule has 3 aromatic rings. The molecule has 0 aliphatic carbocycles. The molecule has 134 valence electrons. The number of carbonyl (C=O) groups excluding carboxylic acids is 1. The van der Waals surface area contributed by atoms with Gasteiger partial charge in [0, 0.05) is 18.3 Å². The first-order valence-electron chi connectivity index (χ1n) is 7.45. The standard InChI is InChI=1S/C16H13F3N6O/c17-16(18,19)12-5-1-2-6-13(12)24-15(26)22-8-11-4-3-7-21-14(11)25-10-20-9-23-25/h1-7,9-10H,8H2,(H2,22,24,26). The number of amides is 2. The Balaban J connectivity index is 1.70. The van der Waals surface area contributed by atoms with Crippen molar-refractivity contribution in [3.05, 3.63) is 66.4 Å². The maximum absolute atomic E-state index is 13.0. The Bertz CT molecular complexity index is 895. The van der Waals surface area contributed by atoms with Crippen LogP contribution in [0.1, 0.15) is 11.1 Å². The number of nitrogens with one attached hydrogen (secondary N) is 2. The number of carbonyl (C=O) groups is 1. The SMILES string of the molecule is O=C(NCc1cccnc1-n1cncn1)Nc1ccccc1C(F)(F)F. The van der Waals surface area contributed by atoms with Gasteiger partial charge in [0.05, 0.1) is 11.3 Å². The maximum Gasteiger partial charge on any atom is 0.418 e. The van der Waals surface area contributed by atoms with Gasteiger partial charge in [-0.25, -0.2) is 19.4 Å². The Morgan fingerprint density at radius 2 is 1.96 bits per heavy atom. The lowest BCUT2D eigenvalue weighted by molar-refractivity contribution is -0.136. The third-order valence-corrected chi connectivity index (χ3v) is 3.42. The van der Waals surface area contributed by atoms with Crippen LogP contribution in [0.15, 0.2) is 55.2 Å². The summed E-state index contributed by atoms with van der Waals surface area (Å²) >= 11 is 0. The number of para-hydroxylation sites is 1. The molecule has 0 saturated heterocycles. The number of benzene rings is 1. The normalized spacial score (nSPS) is 11.2. The van der Waals surface area contributed by atoms with Gasteiger partial charge < -0.3 is 10.6 Å². The first-order chi connectivity index (χ1) is 12.4. The van der Waals surface area contributed by atoms with Gasteiger partial charge in [0.25, 0.3) is 0 Å². The van der Waals surface area contributed by atoms with Gasteiger partial charge in [-0.15, -0.1) is 0 Å². The lowest BCUT2D eigenvalue weighted by Gasteiger charge is -2.14. The second-order valence-electron chi connectivity index (χ2n) is 5.18. The average Bonchev–Trinajstić information content (AvgIpc) is 3.14. The number of hydrogen-bond donors (Lipinski definition) is 2. The summed E-state index contributed by atoms with van der Waals surface area (Å²) < 4.78 is 40.3. The Labute approximate surface area is 145 Å². The number of hydrogen-bond acceptors (Lipinski definition) is 4. The van der Waals surface area contributed by atoms with Crippen LogP contribution < -0.4 is 10.6 Å². The zero-order chi connectivity index (χ0) is 18.6. The highest BCUT2D eigenvalue weighted by molar-refractivity contribution is 5.90. The number of aromatic nitrogens is 4. The van der Waals surface area contributed by atoms with E-state index in [2.05, 4.69) is 25.7 Å². The monoisotopic (exact) mass is 362 g/mol. The first-order valence-corrected chi connectivity index (χ1v) is 7.45. The predicted molar refractivity (Wildman–Crippen MR) is 86.5 cm³/mol. The van der Waals surface area contributed by atoms with Gasteiger partial charge in [0.15, 0.2) is 5.82 Å². The highest BCUT2D eigenvalue weighted by Crippen LogP contribution is 2.34. The predicted octanol–water partition coefficient (Wildman–Crippen LogP) is 3.00. The van der Waals surface area contributed by atoms with Crippen LogP contribution in [0.25, 0.3) is 5.82 Å². The summed E-state index contributed by atoms with van der Waals surface area (Å²) in [7, 11) is 0.